The molecule has 2 aromatic carbocycles. The number of anilines is 1. The normalized spacial score (nSPS) is 10.3. The summed E-state index contributed by atoms with van der Waals surface area (Å²) in [5.74, 6) is 0.548. The van der Waals surface area contributed by atoms with Crippen LogP contribution in [0.15, 0.2) is 71.4 Å². The van der Waals surface area contributed by atoms with Gasteiger partial charge in [-0.05, 0) is 58.6 Å². The molecule has 1 aromatic heterocycles. The fourth-order valence-electron chi connectivity index (χ4n) is 2.23. The third kappa shape index (κ3) is 3.99. The molecule has 4 heteroatoms. The standard InChI is InChI=1S/C19H17NO2S/c1-20(17-5-3-2-4-6-17)19(21)22-18-9-7-15(8-10-18)13-16-11-12-23-14-16/h2-12,14H,13H2,1H3. The molecule has 0 aliphatic carbocycles. The van der Waals surface area contributed by atoms with E-state index in [9.17, 15) is 4.79 Å². The molecule has 0 unspecified atom stereocenters. The van der Waals surface area contributed by atoms with Gasteiger partial charge in [0.05, 0.1) is 0 Å². The third-order valence-electron chi connectivity index (χ3n) is 3.53. The lowest BCUT2D eigenvalue weighted by molar-refractivity contribution is 0.209. The van der Waals surface area contributed by atoms with Crippen molar-refractivity contribution in [1.82, 2.24) is 0 Å². The maximum absolute atomic E-state index is 12.2. The molecule has 3 nitrogen and oxygen atoms in total. The van der Waals surface area contributed by atoms with Crippen LogP contribution in [0, 0.1) is 0 Å². The Balaban J connectivity index is 1.62. The molecule has 0 N–H and O–H groups in total. The molecule has 0 radical (unpaired) electrons. The van der Waals surface area contributed by atoms with Crippen LogP contribution in [0.4, 0.5) is 10.5 Å². The molecule has 3 rings (SSSR count). The Labute approximate surface area is 139 Å². The number of thiophene rings is 1. The molecule has 3 aromatic rings. The molecular formula is C19H17NO2S. The van der Waals surface area contributed by atoms with Crippen molar-refractivity contribution in [2.24, 2.45) is 0 Å². The fourth-order valence-corrected chi connectivity index (χ4v) is 2.90. The lowest BCUT2D eigenvalue weighted by Gasteiger charge is -2.16. The van der Waals surface area contributed by atoms with E-state index in [0.29, 0.717) is 5.75 Å². The number of ether oxygens (including phenoxy) is 1. The molecule has 0 saturated heterocycles. The number of rotatable bonds is 4. The Morgan fingerprint density at radius 2 is 1.74 bits per heavy atom. The van der Waals surface area contributed by atoms with Crippen molar-refractivity contribution < 1.29 is 9.53 Å². The van der Waals surface area contributed by atoms with Crippen molar-refractivity contribution in [1.29, 1.82) is 0 Å². The van der Waals surface area contributed by atoms with Crippen LogP contribution in [-0.4, -0.2) is 13.1 Å². The summed E-state index contributed by atoms with van der Waals surface area (Å²) in [6, 6.07) is 19.2. The number of benzene rings is 2. The summed E-state index contributed by atoms with van der Waals surface area (Å²) >= 11 is 1.70. The van der Waals surface area contributed by atoms with E-state index in [-0.39, 0.29) is 0 Å². The smallest absolute Gasteiger partial charge is 0.410 e. The van der Waals surface area contributed by atoms with Gasteiger partial charge in [-0.1, -0.05) is 30.3 Å². The minimum absolute atomic E-state index is 0.401. The minimum atomic E-state index is -0.401. The second-order valence-electron chi connectivity index (χ2n) is 5.21. The summed E-state index contributed by atoms with van der Waals surface area (Å²) in [6.07, 6.45) is 0.489. The van der Waals surface area contributed by atoms with Crippen molar-refractivity contribution in [2.45, 2.75) is 6.42 Å². The van der Waals surface area contributed by atoms with Gasteiger partial charge < -0.3 is 4.74 Å². The number of para-hydroxylation sites is 1. The zero-order valence-corrected chi connectivity index (χ0v) is 13.6. The van der Waals surface area contributed by atoms with Crippen molar-refractivity contribution in [3.63, 3.8) is 0 Å². The van der Waals surface area contributed by atoms with E-state index in [0.717, 1.165) is 12.1 Å². The van der Waals surface area contributed by atoms with Gasteiger partial charge in [0.2, 0.25) is 0 Å². The van der Waals surface area contributed by atoms with Gasteiger partial charge in [0.1, 0.15) is 5.75 Å². The van der Waals surface area contributed by atoms with Crippen LogP contribution in [0.3, 0.4) is 0 Å². The van der Waals surface area contributed by atoms with Crippen molar-refractivity contribution in [2.75, 3.05) is 11.9 Å². The number of carbonyl (C=O) groups is 1. The van der Waals surface area contributed by atoms with E-state index in [1.165, 1.54) is 16.0 Å². The predicted octanol–water partition coefficient (Wildman–Crippen LogP) is 4.97. The zero-order valence-electron chi connectivity index (χ0n) is 12.8. The first-order chi connectivity index (χ1) is 11.2. The Morgan fingerprint density at radius 3 is 2.39 bits per heavy atom. The third-order valence-corrected chi connectivity index (χ3v) is 4.27. The number of amides is 1. The first kappa shape index (κ1) is 15.3. The van der Waals surface area contributed by atoms with Gasteiger partial charge in [0, 0.05) is 12.7 Å². The van der Waals surface area contributed by atoms with Crippen molar-refractivity contribution >= 4 is 23.1 Å². The average molecular weight is 323 g/mol. The summed E-state index contributed by atoms with van der Waals surface area (Å²) in [6.45, 7) is 0. The predicted molar refractivity (Wildman–Crippen MR) is 94.4 cm³/mol. The van der Waals surface area contributed by atoms with Gasteiger partial charge in [-0.3, -0.25) is 4.90 Å². The molecule has 0 bridgehead atoms. The molecule has 0 fully saturated rings. The molecule has 23 heavy (non-hydrogen) atoms. The Bertz CT molecular complexity index is 752. The number of nitrogens with zero attached hydrogens (tertiary/aromatic N) is 1. The van der Waals surface area contributed by atoms with Gasteiger partial charge in [-0.2, -0.15) is 11.3 Å². The van der Waals surface area contributed by atoms with E-state index in [2.05, 4.69) is 16.8 Å². The van der Waals surface area contributed by atoms with Crippen LogP contribution in [0.5, 0.6) is 5.75 Å². The molecule has 116 valence electrons. The van der Waals surface area contributed by atoms with Gasteiger partial charge in [-0.15, -0.1) is 0 Å². The average Bonchev–Trinajstić information content (AvgIpc) is 3.10. The van der Waals surface area contributed by atoms with Crippen molar-refractivity contribution in [3.05, 3.63) is 82.6 Å². The van der Waals surface area contributed by atoms with Crippen LogP contribution in [0.25, 0.3) is 0 Å². The van der Waals surface area contributed by atoms with Crippen LogP contribution in [0.1, 0.15) is 11.1 Å². The SMILES string of the molecule is CN(C(=O)Oc1ccc(Cc2ccsc2)cc1)c1ccccc1. The maximum atomic E-state index is 12.2. The zero-order chi connectivity index (χ0) is 16.1. The number of hydrogen-bond acceptors (Lipinski definition) is 3. The molecule has 1 heterocycles. The maximum Gasteiger partial charge on any atom is 0.419 e. The van der Waals surface area contributed by atoms with Crippen molar-refractivity contribution in [3.8, 4) is 5.75 Å². The van der Waals surface area contributed by atoms with Gasteiger partial charge >= 0.3 is 6.09 Å². The second kappa shape index (κ2) is 7.11. The first-order valence-electron chi connectivity index (χ1n) is 7.33. The highest BCUT2D eigenvalue weighted by Crippen LogP contribution is 2.19. The second-order valence-corrected chi connectivity index (χ2v) is 5.99. The Morgan fingerprint density at radius 1 is 1.00 bits per heavy atom. The van der Waals surface area contributed by atoms with Gasteiger partial charge in [0.15, 0.2) is 0 Å². The lowest BCUT2D eigenvalue weighted by atomic mass is 10.1. The van der Waals surface area contributed by atoms with Crippen LogP contribution in [0.2, 0.25) is 0 Å². The summed E-state index contributed by atoms with van der Waals surface area (Å²) in [7, 11) is 1.70. The number of carbonyl (C=O) groups excluding carboxylic acids is 1. The van der Waals surface area contributed by atoms with E-state index in [4.69, 9.17) is 4.74 Å². The number of hydrogen-bond donors (Lipinski definition) is 0. The highest BCUT2D eigenvalue weighted by molar-refractivity contribution is 7.07. The summed E-state index contributed by atoms with van der Waals surface area (Å²) in [5, 5.41) is 4.22. The monoisotopic (exact) mass is 323 g/mol. The summed E-state index contributed by atoms with van der Waals surface area (Å²) in [4.78, 5) is 13.6. The molecule has 0 aliphatic heterocycles. The van der Waals surface area contributed by atoms with E-state index >= 15 is 0 Å². The topological polar surface area (TPSA) is 29.5 Å². The summed E-state index contributed by atoms with van der Waals surface area (Å²) in [5.41, 5.74) is 3.29. The molecule has 1 amide bonds. The van der Waals surface area contributed by atoms with Crippen LogP contribution < -0.4 is 9.64 Å². The molecule has 0 spiro atoms. The summed E-state index contributed by atoms with van der Waals surface area (Å²) < 4.78 is 5.41. The minimum Gasteiger partial charge on any atom is -0.410 e. The van der Waals surface area contributed by atoms with Crippen LogP contribution >= 0.6 is 11.3 Å². The molecule has 0 atom stereocenters. The van der Waals surface area contributed by atoms with E-state index in [1.807, 2.05) is 54.6 Å². The highest BCUT2D eigenvalue weighted by atomic mass is 32.1. The van der Waals surface area contributed by atoms with Gasteiger partial charge in [0.25, 0.3) is 0 Å². The Kier molecular flexibility index (Phi) is 4.74. The first-order valence-corrected chi connectivity index (χ1v) is 8.27. The molecule has 0 saturated carbocycles. The Hall–Kier alpha value is -2.59. The lowest BCUT2D eigenvalue weighted by Crippen LogP contribution is -2.29. The highest BCUT2D eigenvalue weighted by Gasteiger charge is 2.12. The fraction of sp³-hybridized carbons (Fsp3) is 0.105. The van der Waals surface area contributed by atoms with E-state index < -0.39 is 6.09 Å². The van der Waals surface area contributed by atoms with Crippen LogP contribution in [-0.2, 0) is 6.42 Å². The molecule has 0 aliphatic rings. The largest absolute Gasteiger partial charge is 0.419 e. The quantitative estimate of drug-likeness (QED) is 0.678. The van der Waals surface area contributed by atoms with Gasteiger partial charge in [-0.25, -0.2) is 4.79 Å². The van der Waals surface area contributed by atoms with E-state index in [1.54, 1.807) is 18.4 Å². The molecular weight excluding hydrogens is 306 g/mol.